The first-order chi connectivity index (χ1) is 24.6. The van der Waals surface area contributed by atoms with Crippen LogP contribution in [0.2, 0.25) is 0 Å². The molecule has 11 unspecified atom stereocenters. The SMILES string of the molecule is CC/C=C\C/C=C\C/C=C\CCCCCCCCOCC(COC1OC(COC2OC(CO)C(O)C(O)C2O)C(O)C(O)C1O)OC(=O)CCC. The molecule has 0 aliphatic carbocycles. The van der Waals surface area contributed by atoms with Crippen molar-refractivity contribution < 1.29 is 69.0 Å². The van der Waals surface area contributed by atoms with E-state index in [4.69, 9.17) is 28.4 Å². The van der Waals surface area contributed by atoms with E-state index in [0.29, 0.717) is 13.0 Å². The molecule has 14 nitrogen and oxygen atoms in total. The van der Waals surface area contributed by atoms with Gasteiger partial charge in [-0.2, -0.15) is 0 Å². The Morgan fingerprint density at radius 3 is 1.88 bits per heavy atom. The molecular weight excluding hydrogens is 668 g/mol. The van der Waals surface area contributed by atoms with Gasteiger partial charge in [-0.05, 0) is 44.9 Å². The van der Waals surface area contributed by atoms with Crippen molar-refractivity contribution in [1.29, 1.82) is 0 Å². The average Bonchev–Trinajstić information content (AvgIpc) is 3.12. The van der Waals surface area contributed by atoms with Crippen molar-refractivity contribution in [2.75, 3.05) is 33.0 Å². The molecule has 2 aliphatic rings. The van der Waals surface area contributed by atoms with E-state index < -0.39 is 86.7 Å². The number of ether oxygens (including phenoxy) is 6. The summed E-state index contributed by atoms with van der Waals surface area (Å²) in [6, 6.07) is 0. The van der Waals surface area contributed by atoms with E-state index in [-0.39, 0.29) is 19.6 Å². The van der Waals surface area contributed by atoms with Crippen LogP contribution in [-0.2, 0) is 33.2 Å². The van der Waals surface area contributed by atoms with Gasteiger partial charge in [0, 0.05) is 13.0 Å². The number of hydrogen-bond donors (Lipinski definition) is 7. The van der Waals surface area contributed by atoms with E-state index in [9.17, 15) is 40.5 Å². The molecule has 0 radical (unpaired) electrons. The maximum atomic E-state index is 12.3. The van der Waals surface area contributed by atoms with Gasteiger partial charge in [-0.1, -0.05) is 76.0 Å². The average molecular weight is 733 g/mol. The molecule has 2 fully saturated rings. The maximum Gasteiger partial charge on any atom is 0.306 e. The van der Waals surface area contributed by atoms with Crippen molar-refractivity contribution in [2.45, 2.75) is 158 Å². The van der Waals surface area contributed by atoms with E-state index in [1.54, 1.807) is 0 Å². The van der Waals surface area contributed by atoms with Crippen molar-refractivity contribution in [3.63, 3.8) is 0 Å². The van der Waals surface area contributed by atoms with Crippen molar-refractivity contribution in [2.24, 2.45) is 0 Å². The second-order valence-electron chi connectivity index (χ2n) is 13.0. The third kappa shape index (κ3) is 17.3. The lowest BCUT2D eigenvalue weighted by molar-refractivity contribution is -0.332. The Morgan fingerprint density at radius 2 is 1.24 bits per heavy atom. The smallest absolute Gasteiger partial charge is 0.306 e. The van der Waals surface area contributed by atoms with Gasteiger partial charge in [0.2, 0.25) is 0 Å². The van der Waals surface area contributed by atoms with E-state index in [0.717, 1.165) is 51.4 Å². The Hall–Kier alpha value is -1.79. The maximum absolute atomic E-state index is 12.3. The molecule has 14 heteroatoms. The van der Waals surface area contributed by atoms with Gasteiger partial charge in [0.15, 0.2) is 12.6 Å². The number of carbonyl (C=O) groups is 1. The summed E-state index contributed by atoms with van der Waals surface area (Å²) in [6.07, 6.45) is 8.42. The minimum absolute atomic E-state index is 0.0457. The van der Waals surface area contributed by atoms with E-state index in [2.05, 4.69) is 43.4 Å². The topological polar surface area (TPSA) is 214 Å². The van der Waals surface area contributed by atoms with Gasteiger partial charge in [0.25, 0.3) is 0 Å². The molecule has 0 saturated carbocycles. The van der Waals surface area contributed by atoms with Gasteiger partial charge in [-0.25, -0.2) is 0 Å². The molecule has 2 rings (SSSR count). The standard InChI is InChI=1S/C37H64O14/c1-3-5-6-7-8-9-10-11-12-13-14-15-16-17-18-19-21-46-23-26(49-29(39)20-4-2)24-47-36-35(45)33(43)31(41)28(51-36)25-48-37-34(44)32(42)30(40)27(22-38)50-37/h5-6,8-9,11-12,26-28,30-38,40-45H,3-4,7,10,13-25H2,1-2H3/b6-5-,9-8-,12-11-. The Labute approximate surface area is 302 Å². The predicted molar refractivity (Wildman–Crippen MR) is 187 cm³/mol. The van der Waals surface area contributed by atoms with Crippen LogP contribution < -0.4 is 0 Å². The third-order valence-electron chi connectivity index (χ3n) is 8.63. The van der Waals surface area contributed by atoms with Crippen LogP contribution in [0.1, 0.15) is 90.9 Å². The lowest BCUT2D eigenvalue weighted by atomic mass is 9.98. The number of carbonyl (C=O) groups excluding carboxylic acids is 1. The van der Waals surface area contributed by atoms with E-state index in [1.807, 2.05) is 6.92 Å². The first-order valence-corrected chi connectivity index (χ1v) is 18.6. The molecule has 2 heterocycles. The fraction of sp³-hybridized carbons (Fsp3) is 0.811. The number of allylic oxidation sites excluding steroid dienone is 6. The zero-order valence-corrected chi connectivity index (χ0v) is 30.3. The van der Waals surface area contributed by atoms with Crippen molar-refractivity contribution in [1.82, 2.24) is 0 Å². The highest BCUT2D eigenvalue weighted by atomic mass is 16.7. The number of aliphatic hydroxyl groups excluding tert-OH is 7. The first-order valence-electron chi connectivity index (χ1n) is 18.6. The van der Waals surface area contributed by atoms with Gasteiger partial charge in [-0.15, -0.1) is 0 Å². The molecule has 0 bridgehead atoms. The van der Waals surface area contributed by atoms with Gasteiger partial charge in [0.05, 0.1) is 26.4 Å². The predicted octanol–water partition coefficient (Wildman–Crippen LogP) is 1.95. The minimum atomic E-state index is -1.70. The highest BCUT2D eigenvalue weighted by Gasteiger charge is 2.47. The summed E-state index contributed by atoms with van der Waals surface area (Å²) in [5, 5.41) is 71.1. The van der Waals surface area contributed by atoms with Crippen LogP contribution in [0, 0.1) is 0 Å². The van der Waals surface area contributed by atoms with Crippen molar-refractivity contribution >= 4 is 5.97 Å². The van der Waals surface area contributed by atoms with Gasteiger partial charge < -0.3 is 64.2 Å². The van der Waals surface area contributed by atoms with Crippen LogP contribution in [0.5, 0.6) is 0 Å². The number of aliphatic hydroxyl groups is 7. The third-order valence-corrected chi connectivity index (χ3v) is 8.63. The van der Waals surface area contributed by atoms with Crippen LogP contribution in [-0.4, -0.2) is 142 Å². The molecular formula is C37H64O14. The molecule has 296 valence electrons. The lowest BCUT2D eigenvalue weighted by Gasteiger charge is -2.42. The van der Waals surface area contributed by atoms with Gasteiger partial charge in [-0.3, -0.25) is 4.79 Å². The summed E-state index contributed by atoms with van der Waals surface area (Å²) in [5.41, 5.74) is 0. The summed E-state index contributed by atoms with van der Waals surface area (Å²) >= 11 is 0. The van der Waals surface area contributed by atoms with Crippen molar-refractivity contribution in [3.05, 3.63) is 36.5 Å². The zero-order chi connectivity index (χ0) is 37.4. The summed E-state index contributed by atoms with van der Waals surface area (Å²) in [6.45, 7) is 3.11. The highest BCUT2D eigenvalue weighted by Crippen LogP contribution is 2.26. The molecule has 0 amide bonds. The molecule has 0 spiro atoms. The van der Waals surface area contributed by atoms with Crippen LogP contribution in [0.3, 0.4) is 0 Å². The molecule has 0 aromatic rings. The summed E-state index contributed by atoms with van der Waals surface area (Å²) in [7, 11) is 0. The Kier molecular flexibility index (Phi) is 23.9. The number of rotatable bonds is 26. The highest BCUT2D eigenvalue weighted by molar-refractivity contribution is 5.69. The summed E-state index contributed by atoms with van der Waals surface area (Å²) in [4.78, 5) is 12.3. The first kappa shape index (κ1) is 45.4. The Balaban J connectivity index is 1.72. The molecule has 2 saturated heterocycles. The second kappa shape index (κ2) is 26.9. The van der Waals surface area contributed by atoms with Crippen LogP contribution in [0.15, 0.2) is 36.5 Å². The number of esters is 1. The Morgan fingerprint density at radius 1 is 0.667 bits per heavy atom. The molecule has 7 N–H and O–H groups in total. The monoisotopic (exact) mass is 732 g/mol. The summed E-state index contributed by atoms with van der Waals surface area (Å²) in [5.74, 6) is -0.438. The van der Waals surface area contributed by atoms with Crippen LogP contribution in [0.4, 0.5) is 0 Å². The second-order valence-corrected chi connectivity index (χ2v) is 13.0. The van der Waals surface area contributed by atoms with E-state index in [1.165, 1.54) is 12.8 Å². The number of unbranched alkanes of at least 4 members (excludes halogenated alkanes) is 6. The lowest BCUT2D eigenvalue weighted by Crippen LogP contribution is -2.61. The molecule has 51 heavy (non-hydrogen) atoms. The molecule has 11 atom stereocenters. The Bertz CT molecular complexity index is 990. The molecule has 2 aliphatic heterocycles. The van der Waals surface area contributed by atoms with Crippen molar-refractivity contribution in [3.8, 4) is 0 Å². The largest absolute Gasteiger partial charge is 0.457 e. The summed E-state index contributed by atoms with van der Waals surface area (Å²) < 4.78 is 33.4. The fourth-order valence-corrected chi connectivity index (χ4v) is 5.57. The number of hydrogen-bond acceptors (Lipinski definition) is 14. The fourth-order valence-electron chi connectivity index (χ4n) is 5.57. The minimum Gasteiger partial charge on any atom is -0.457 e. The normalized spacial score (nSPS) is 30.8. The van der Waals surface area contributed by atoms with Crippen LogP contribution in [0.25, 0.3) is 0 Å². The molecule has 0 aromatic carbocycles. The zero-order valence-electron chi connectivity index (χ0n) is 30.3. The van der Waals surface area contributed by atoms with Gasteiger partial charge in [0.1, 0.15) is 54.9 Å². The quantitative estimate of drug-likeness (QED) is 0.0385. The van der Waals surface area contributed by atoms with Gasteiger partial charge >= 0.3 is 5.97 Å². The molecule has 0 aromatic heterocycles. The van der Waals surface area contributed by atoms with E-state index >= 15 is 0 Å². The van der Waals surface area contributed by atoms with Crippen LogP contribution >= 0.6 is 0 Å².